The van der Waals surface area contributed by atoms with Crippen LogP contribution in [0.2, 0.25) is 0 Å². The smallest absolute Gasteiger partial charge is 0.0576 e. The maximum absolute atomic E-state index is 6.10. The van der Waals surface area contributed by atoms with Crippen molar-refractivity contribution in [3.8, 4) is 0 Å². The van der Waals surface area contributed by atoms with Crippen molar-refractivity contribution in [3.63, 3.8) is 0 Å². The molecule has 1 heterocycles. The number of alkyl halides is 1. The van der Waals surface area contributed by atoms with Gasteiger partial charge in [0.05, 0.1) is 6.10 Å². The molecule has 1 aromatic carbocycles. The molecule has 1 aliphatic heterocycles. The molecule has 0 aromatic heterocycles. The third-order valence-corrected chi connectivity index (χ3v) is 3.93. The monoisotopic (exact) mass is 252 g/mol. The van der Waals surface area contributed by atoms with E-state index in [1.54, 1.807) is 0 Å². The van der Waals surface area contributed by atoms with Gasteiger partial charge in [0.25, 0.3) is 0 Å². The Kier molecular flexibility index (Phi) is 4.87. The van der Waals surface area contributed by atoms with Crippen LogP contribution in [0.5, 0.6) is 0 Å². The Balaban J connectivity index is 1.91. The predicted octanol–water partition coefficient (Wildman–Crippen LogP) is 4.28. The van der Waals surface area contributed by atoms with Crippen molar-refractivity contribution in [1.29, 1.82) is 0 Å². The number of ether oxygens (including phenoxy) is 1. The molecule has 94 valence electrons. The van der Waals surface area contributed by atoms with Crippen molar-refractivity contribution in [1.82, 2.24) is 0 Å². The number of benzene rings is 1. The van der Waals surface area contributed by atoms with E-state index in [2.05, 4.69) is 31.2 Å². The summed E-state index contributed by atoms with van der Waals surface area (Å²) in [4.78, 5) is 0. The molecule has 2 atom stereocenters. The fourth-order valence-corrected chi connectivity index (χ4v) is 2.85. The van der Waals surface area contributed by atoms with Gasteiger partial charge in [-0.3, -0.25) is 0 Å². The molecule has 1 aliphatic rings. The number of aryl methyl sites for hydroxylation is 1. The Bertz CT molecular complexity index is 345. The average molecular weight is 253 g/mol. The van der Waals surface area contributed by atoms with Crippen LogP contribution >= 0.6 is 11.6 Å². The first-order valence-electron chi connectivity index (χ1n) is 6.53. The molecule has 0 saturated carbocycles. The zero-order valence-electron chi connectivity index (χ0n) is 10.5. The van der Waals surface area contributed by atoms with Gasteiger partial charge in [0.2, 0.25) is 0 Å². The minimum Gasteiger partial charge on any atom is -0.378 e. The highest BCUT2D eigenvalue weighted by Gasteiger charge is 2.18. The molecule has 2 unspecified atom stereocenters. The van der Waals surface area contributed by atoms with Gasteiger partial charge >= 0.3 is 0 Å². The van der Waals surface area contributed by atoms with Gasteiger partial charge in [-0.05, 0) is 44.1 Å². The summed E-state index contributed by atoms with van der Waals surface area (Å²) < 4.78 is 5.66. The second kappa shape index (κ2) is 6.42. The number of hydrogen-bond acceptors (Lipinski definition) is 1. The van der Waals surface area contributed by atoms with Crippen LogP contribution < -0.4 is 0 Å². The first kappa shape index (κ1) is 12.9. The van der Waals surface area contributed by atoms with Crippen molar-refractivity contribution >= 4 is 11.6 Å². The van der Waals surface area contributed by atoms with E-state index < -0.39 is 0 Å². The van der Waals surface area contributed by atoms with E-state index in [1.807, 2.05) is 0 Å². The van der Waals surface area contributed by atoms with E-state index in [0.29, 0.717) is 17.9 Å². The Morgan fingerprint density at radius 1 is 1.47 bits per heavy atom. The molecule has 2 heteroatoms. The van der Waals surface area contributed by atoms with Crippen LogP contribution in [0.1, 0.15) is 42.7 Å². The zero-order chi connectivity index (χ0) is 12.1. The number of halogens is 1. The highest BCUT2D eigenvalue weighted by molar-refractivity contribution is 6.18. The van der Waals surface area contributed by atoms with Gasteiger partial charge in [0.1, 0.15) is 0 Å². The zero-order valence-corrected chi connectivity index (χ0v) is 11.2. The standard InChI is InChI=1S/C15H21ClO/c1-12-4-2-5-13(10-12)14(11-16)7-8-15-6-3-9-17-15/h2,4-5,10,14-15H,3,6-9,11H2,1H3. The van der Waals surface area contributed by atoms with E-state index in [1.165, 1.54) is 24.0 Å². The molecule has 1 fully saturated rings. The molecular formula is C15H21ClO. The highest BCUT2D eigenvalue weighted by Crippen LogP contribution is 2.27. The normalized spacial score (nSPS) is 21.6. The van der Waals surface area contributed by atoms with Crippen molar-refractivity contribution in [3.05, 3.63) is 35.4 Å². The van der Waals surface area contributed by atoms with Crippen molar-refractivity contribution in [2.24, 2.45) is 0 Å². The van der Waals surface area contributed by atoms with Gasteiger partial charge in [0, 0.05) is 12.5 Å². The topological polar surface area (TPSA) is 9.23 Å². The van der Waals surface area contributed by atoms with Crippen LogP contribution in [-0.2, 0) is 4.74 Å². The fraction of sp³-hybridized carbons (Fsp3) is 0.600. The average Bonchev–Trinajstić information content (AvgIpc) is 2.83. The van der Waals surface area contributed by atoms with Gasteiger partial charge < -0.3 is 4.74 Å². The lowest BCUT2D eigenvalue weighted by atomic mass is 9.93. The minimum absolute atomic E-state index is 0.473. The lowest BCUT2D eigenvalue weighted by molar-refractivity contribution is 0.101. The molecule has 2 rings (SSSR count). The summed E-state index contributed by atoms with van der Waals surface area (Å²) in [5.74, 6) is 1.18. The third kappa shape index (κ3) is 3.72. The Morgan fingerprint density at radius 3 is 3.00 bits per heavy atom. The molecule has 0 radical (unpaired) electrons. The molecule has 0 amide bonds. The molecule has 0 aliphatic carbocycles. The van der Waals surface area contributed by atoms with Crippen LogP contribution in [0.3, 0.4) is 0 Å². The van der Waals surface area contributed by atoms with Crippen LogP contribution in [0.4, 0.5) is 0 Å². The molecular weight excluding hydrogens is 232 g/mol. The molecule has 0 spiro atoms. The van der Waals surface area contributed by atoms with Crippen LogP contribution in [0, 0.1) is 6.92 Å². The van der Waals surface area contributed by atoms with E-state index in [-0.39, 0.29) is 0 Å². The maximum atomic E-state index is 6.10. The largest absolute Gasteiger partial charge is 0.378 e. The number of rotatable bonds is 5. The van der Waals surface area contributed by atoms with Gasteiger partial charge in [0.15, 0.2) is 0 Å². The van der Waals surface area contributed by atoms with Crippen molar-refractivity contribution in [2.45, 2.75) is 44.6 Å². The van der Waals surface area contributed by atoms with E-state index >= 15 is 0 Å². The highest BCUT2D eigenvalue weighted by atomic mass is 35.5. The molecule has 1 nitrogen and oxygen atoms in total. The first-order chi connectivity index (χ1) is 8.29. The minimum atomic E-state index is 0.473. The van der Waals surface area contributed by atoms with Gasteiger partial charge in [-0.1, -0.05) is 29.8 Å². The Hall–Kier alpha value is -0.530. The van der Waals surface area contributed by atoms with Crippen molar-refractivity contribution in [2.75, 3.05) is 12.5 Å². The second-order valence-electron chi connectivity index (χ2n) is 4.98. The summed E-state index contributed by atoms with van der Waals surface area (Å²) >= 11 is 6.10. The second-order valence-corrected chi connectivity index (χ2v) is 5.29. The summed E-state index contributed by atoms with van der Waals surface area (Å²) in [6.45, 7) is 3.08. The lowest BCUT2D eigenvalue weighted by Crippen LogP contribution is -2.09. The van der Waals surface area contributed by atoms with Gasteiger partial charge in [-0.15, -0.1) is 11.6 Å². The summed E-state index contributed by atoms with van der Waals surface area (Å²) in [7, 11) is 0. The van der Waals surface area contributed by atoms with Crippen LogP contribution in [0.25, 0.3) is 0 Å². The Labute approximate surface area is 109 Å². The van der Waals surface area contributed by atoms with Crippen LogP contribution in [0.15, 0.2) is 24.3 Å². The van der Waals surface area contributed by atoms with Crippen LogP contribution in [-0.4, -0.2) is 18.6 Å². The molecule has 1 aromatic rings. The first-order valence-corrected chi connectivity index (χ1v) is 7.07. The fourth-order valence-electron chi connectivity index (χ4n) is 2.52. The summed E-state index contributed by atoms with van der Waals surface area (Å²) in [5.41, 5.74) is 2.69. The lowest BCUT2D eigenvalue weighted by Gasteiger charge is -2.17. The maximum Gasteiger partial charge on any atom is 0.0576 e. The van der Waals surface area contributed by atoms with E-state index in [9.17, 15) is 0 Å². The summed E-state index contributed by atoms with van der Waals surface area (Å²) in [5, 5.41) is 0. The molecule has 17 heavy (non-hydrogen) atoms. The van der Waals surface area contributed by atoms with Gasteiger partial charge in [-0.2, -0.15) is 0 Å². The molecule has 0 bridgehead atoms. The quantitative estimate of drug-likeness (QED) is 0.711. The third-order valence-electron chi connectivity index (χ3n) is 3.56. The number of hydrogen-bond donors (Lipinski definition) is 0. The van der Waals surface area contributed by atoms with Gasteiger partial charge in [-0.25, -0.2) is 0 Å². The SMILES string of the molecule is Cc1cccc(C(CCl)CCC2CCCO2)c1. The Morgan fingerprint density at radius 2 is 2.35 bits per heavy atom. The predicted molar refractivity (Wildman–Crippen MR) is 72.8 cm³/mol. The van der Waals surface area contributed by atoms with E-state index in [4.69, 9.17) is 16.3 Å². The van der Waals surface area contributed by atoms with Crippen molar-refractivity contribution < 1.29 is 4.74 Å². The summed E-state index contributed by atoms with van der Waals surface area (Å²) in [6.07, 6.45) is 5.21. The molecule has 1 saturated heterocycles. The molecule has 0 N–H and O–H groups in total. The van der Waals surface area contributed by atoms with E-state index in [0.717, 1.165) is 19.4 Å². The summed E-state index contributed by atoms with van der Waals surface area (Å²) in [6, 6.07) is 8.70.